The van der Waals surface area contributed by atoms with E-state index < -0.39 is 5.67 Å². The number of carbonyl (C=O) groups excluding carboxylic acids is 1. The van der Waals surface area contributed by atoms with Gasteiger partial charge in [0, 0.05) is 30.8 Å². The molecule has 1 amide bonds. The number of hydrogen-bond acceptors (Lipinski definition) is 5. The number of halogens is 2. The number of alkyl halides is 1. The van der Waals surface area contributed by atoms with Crippen molar-refractivity contribution in [1.29, 1.82) is 0 Å². The number of nitrogens with one attached hydrogen (secondary N) is 1. The van der Waals surface area contributed by atoms with Gasteiger partial charge in [-0.15, -0.1) is 11.3 Å². The van der Waals surface area contributed by atoms with Crippen LogP contribution in [0.3, 0.4) is 0 Å². The molecule has 1 aromatic heterocycles. The van der Waals surface area contributed by atoms with Crippen LogP contribution >= 0.6 is 23.3 Å². The number of para-hydroxylation sites is 1. The Morgan fingerprint density at radius 2 is 1.79 bits per heavy atom. The van der Waals surface area contributed by atoms with Gasteiger partial charge in [-0.1, -0.05) is 18.2 Å². The number of amides is 1. The average Bonchev–Trinajstić information content (AvgIpc) is 3.34. The van der Waals surface area contributed by atoms with Gasteiger partial charge in [0.05, 0.1) is 20.6 Å². The predicted molar refractivity (Wildman–Crippen MR) is 135 cm³/mol. The van der Waals surface area contributed by atoms with E-state index in [2.05, 4.69) is 9.71 Å². The lowest BCUT2D eigenvalue weighted by atomic mass is 9.87. The van der Waals surface area contributed by atoms with E-state index in [1.165, 1.54) is 24.1 Å². The molecule has 1 aliphatic heterocycles. The van der Waals surface area contributed by atoms with Crippen LogP contribution in [0.4, 0.5) is 14.5 Å². The van der Waals surface area contributed by atoms with Crippen molar-refractivity contribution in [2.45, 2.75) is 29.8 Å². The summed E-state index contributed by atoms with van der Waals surface area (Å²) in [6.45, 7) is 0.730. The number of fused-ring (bicyclic) bond motifs is 1. The summed E-state index contributed by atoms with van der Waals surface area (Å²) in [4.78, 5) is 20.1. The number of piperidine rings is 1. The first-order valence-electron chi connectivity index (χ1n) is 11.1. The Bertz CT molecular complexity index is 1280. The quantitative estimate of drug-likeness (QED) is 0.301. The first-order chi connectivity index (χ1) is 16.5. The minimum atomic E-state index is -1.38. The molecule has 4 nitrogen and oxygen atoms in total. The van der Waals surface area contributed by atoms with Crippen molar-refractivity contribution in [1.82, 2.24) is 9.88 Å². The number of carbonyl (C=O) groups is 1. The fourth-order valence-corrected chi connectivity index (χ4v) is 5.71. The van der Waals surface area contributed by atoms with E-state index in [0.29, 0.717) is 18.7 Å². The molecule has 4 aromatic rings. The molecule has 0 aliphatic carbocycles. The summed E-state index contributed by atoms with van der Waals surface area (Å²) < 4.78 is 32.9. The summed E-state index contributed by atoms with van der Waals surface area (Å²) in [6, 6.07) is 19.4. The number of anilines is 1. The third kappa shape index (κ3) is 5.08. The molecule has 0 bridgehead atoms. The van der Waals surface area contributed by atoms with Gasteiger partial charge in [-0.3, -0.25) is 4.79 Å². The Balaban J connectivity index is 1.16. The zero-order valence-corrected chi connectivity index (χ0v) is 20.0. The third-order valence-corrected chi connectivity index (χ3v) is 7.80. The number of aromatic nitrogens is 1. The molecule has 8 heteroatoms. The van der Waals surface area contributed by atoms with Crippen LogP contribution in [0.2, 0.25) is 0 Å². The largest absolute Gasteiger partial charge is 0.338 e. The van der Waals surface area contributed by atoms with E-state index in [1.807, 2.05) is 35.8 Å². The van der Waals surface area contributed by atoms with Crippen LogP contribution in [0.25, 0.3) is 10.2 Å². The van der Waals surface area contributed by atoms with Gasteiger partial charge in [0.15, 0.2) is 0 Å². The molecule has 174 valence electrons. The van der Waals surface area contributed by atoms with Crippen molar-refractivity contribution >= 4 is 45.1 Å². The summed E-state index contributed by atoms with van der Waals surface area (Å²) in [6.07, 6.45) is 0.783. The Morgan fingerprint density at radius 1 is 1.06 bits per heavy atom. The highest BCUT2D eigenvalue weighted by atomic mass is 32.2. The second kappa shape index (κ2) is 9.72. The first kappa shape index (κ1) is 22.8. The highest BCUT2D eigenvalue weighted by Crippen LogP contribution is 2.32. The summed E-state index contributed by atoms with van der Waals surface area (Å²) in [7, 11) is 0. The van der Waals surface area contributed by atoms with Crippen LogP contribution < -0.4 is 4.72 Å². The number of hydrogen-bond donors (Lipinski definition) is 1. The fraction of sp³-hybridized carbons (Fsp3) is 0.231. The molecule has 1 saturated heterocycles. The minimum Gasteiger partial charge on any atom is -0.338 e. The second-order valence-corrected chi connectivity index (χ2v) is 10.2. The van der Waals surface area contributed by atoms with Gasteiger partial charge in [0.25, 0.3) is 5.91 Å². The lowest BCUT2D eigenvalue weighted by molar-refractivity contribution is 0.0437. The highest BCUT2D eigenvalue weighted by Gasteiger charge is 2.36. The Hall–Kier alpha value is -2.97. The molecular weight excluding hydrogens is 472 g/mol. The smallest absolute Gasteiger partial charge is 0.253 e. The van der Waals surface area contributed by atoms with Crippen molar-refractivity contribution < 1.29 is 13.6 Å². The summed E-state index contributed by atoms with van der Waals surface area (Å²) in [5, 5.41) is 0. The molecule has 0 atom stereocenters. The predicted octanol–water partition coefficient (Wildman–Crippen LogP) is 6.74. The normalized spacial score (nSPS) is 15.4. The zero-order chi connectivity index (χ0) is 23.5. The minimum absolute atomic E-state index is 0.0877. The molecule has 1 fully saturated rings. The molecule has 1 aliphatic rings. The number of nitrogens with zero attached hydrogens (tertiary/aromatic N) is 2. The molecule has 34 heavy (non-hydrogen) atoms. The summed E-state index contributed by atoms with van der Waals surface area (Å²) in [5.41, 5.74) is 3.68. The van der Waals surface area contributed by atoms with Crippen molar-refractivity contribution in [3.63, 3.8) is 0 Å². The van der Waals surface area contributed by atoms with Gasteiger partial charge >= 0.3 is 0 Å². The number of benzene rings is 3. The van der Waals surface area contributed by atoms with Crippen LogP contribution in [0, 0.1) is 5.82 Å². The van der Waals surface area contributed by atoms with Crippen LogP contribution in [0.15, 0.2) is 77.1 Å². The maximum Gasteiger partial charge on any atom is 0.253 e. The fourth-order valence-electron chi connectivity index (χ4n) is 4.18. The number of thiazole rings is 1. The monoisotopic (exact) mass is 495 g/mol. The SMILES string of the molecule is O=C(c1ccc(NSc2cccc3scnc23)cc1)N1CCC(F)(Cc2ccc(F)cc2)CC1. The molecule has 0 unspecified atom stereocenters. The van der Waals surface area contributed by atoms with Gasteiger partial charge in [-0.2, -0.15) is 0 Å². The van der Waals surface area contributed by atoms with Crippen molar-refractivity contribution in [2.75, 3.05) is 17.8 Å². The molecule has 0 radical (unpaired) electrons. The van der Waals surface area contributed by atoms with E-state index >= 15 is 4.39 Å². The van der Waals surface area contributed by atoms with E-state index in [-0.39, 0.29) is 31.0 Å². The third-order valence-electron chi connectivity index (χ3n) is 6.12. The van der Waals surface area contributed by atoms with Crippen LogP contribution in [-0.2, 0) is 6.42 Å². The number of likely N-dealkylation sites (tertiary alicyclic amines) is 1. The zero-order valence-electron chi connectivity index (χ0n) is 18.3. The summed E-state index contributed by atoms with van der Waals surface area (Å²) in [5.74, 6) is -0.413. The standard InChI is InChI=1S/C26H23F2N3OS2/c27-20-8-4-18(5-9-20)16-26(28)12-14-31(15-13-26)25(32)19-6-10-21(11-7-19)30-34-23-3-1-2-22-24(23)29-17-33-22/h1-11,17,30H,12-16H2. The second-order valence-electron chi connectivity index (χ2n) is 8.48. The lowest BCUT2D eigenvalue weighted by Gasteiger charge is -2.36. The van der Waals surface area contributed by atoms with Crippen LogP contribution in [0.5, 0.6) is 0 Å². The average molecular weight is 496 g/mol. The Kier molecular flexibility index (Phi) is 6.52. The maximum atomic E-state index is 15.3. The topological polar surface area (TPSA) is 45.2 Å². The molecular formula is C26H23F2N3OS2. The Morgan fingerprint density at radius 3 is 2.53 bits per heavy atom. The maximum absolute atomic E-state index is 15.3. The van der Waals surface area contributed by atoms with E-state index in [0.717, 1.165) is 26.4 Å². The Labute approximate surface area is 205 Å². The van der Waals surface area contributed by atoms with Gasteiger partial charge < -0.3 is 9.62 Å². The van der Waals surface area contributed by atoms with E-state index in [1.54, 1.807) is 40.5 Å². The first-order valence-corrected chi connectivity index (χ1v) is 12.8. The van der Waals surface area contributed by atoms with Crippen molar-refractivity contribution in [2.24, 2.45) is 0 Å². The van der Waals surface area contributed by atoms with Gasteiger partial charge in [-0.25, -0.2) is 13.8 Å². The van der Waals surface area contributed by atoms with E-state index in [4.69, 9.17) is 0 Å². The summed E-state index contributed by atoms with van der Waals surface area (Å²) >= 11 is 3.10. The molecule has 0 spiro atoms. The van der Waals surface area contributed by atoms with Gasteiger partial charge in [0.2, 0.25) is 0 Å². The van der Waals surface area contributed by atoms with Crippen LogP contribution in [0.1, 0.15) is 28.8 Å². The van der Waals surface area contributed by atoms with Crippen molar-refractivity contribution in [3.05, 3.63) is 89.2 Å². The molecule has 0 saturated carbocycles. The van der Waals surface area contributed by atoms with Crippen LogP contribution in [-0.4, -0.2) is 34.5 Å². The number of rotatable bonds is 6. The highest BCUT2D eigenvalue weighted by molar-refractivity contribution is 8.00. The molecule has 3 aromatic carbocycles. The van der Waals surface area contributed by atoms with E-state index in [9.17, 15) is 9.18 Å². The van der Waals surface area contributed by atoms with Crippen molar-refractivity contribution in [3.8, 4) is 0 Å². The van der Waals surface area contributed by atoms with Gasteiger partial charge in [-0.05, 0) is 78.9 Å². The lowest BCUT2D eigenvalue weighted by Crippen LogP contribution is -2.45. The molecule has 2 heterocycles. The molecule has 5 rings (SSSR count). The molecule has 1 N–H and O–H groups in total. The van der Waals surface area contributed by atoms with Gasteiger partial charge in [0.1, 0.15) is 11.5 Å².